The lowest BCUT2D eigenvalue weighted by molar-refractivity contribution is 0.628. The van der Waals surface area contributed by atoms with E-state index < -0.39 is 0 Å². The monoisotopic (exact) mass is 570 g/mol. The molecule has 0 atom stereocenters. The number of benzene rings is 1. The number of halogens is 1. The van der Waals surface area contributed by atoms with E-state index >= 15 is 0 Å². The van der Waals surface area contributed by atoms with Gasteiger partial charge in [-0.3, -0.25) is 4.68 Å². The van der Waals surface area contributed by atoms with Crippen LogP contribution < -0.4 is 9.80 Å². The van der Waals surface area contributed by atoms with E-state index in [9.17, 15) is 4.39 Å². The van der Waals surface area contributed by atoms with Gasteiger partial charge in [0.05, 0.1) is 11.9 Å². The number of aryl methyl sites for hydroxylation is 1. The number of nitrogens with zero attached hydrogens (tertiary/aromatic N) is 10. The fourth-order valence-electron chi connectivity index (χ4n) is 4.68. The highest BCUT2D eigenvalue weighted by atomic mass is 32.2. The van der Waals surface area contributed by atoms with Crippen molar-refractivity contribution < 1.29 is 4.39 Å². The molecule has 0 aliphatic carbocycles. The maximum absolute atomic E-state index is 13.6. The third-order valence-corrected chi connectivity index (χ3v) is 7.55. The lowest BCUT2D eigenvalue weighted by Crippen LogP contribution is -2.47. The zero-order valence-electron chi connectivity index (χ0n) is 23.4. The Morgan fingerprint density at radius 2 is 1.56 bits per heavy atom. The maximum atomic E-state index is 13.6. The molecular weight excluding hydrogens is 539 g/mol. The van der Waals surface area contributed by atoms with Gasteiger partial charge < -0.3 is 9.80 Å². The molecule has 12 heteroatoms. The second kappa shape index (κ2) is 10.9. The second-order valence-corrected chi connectivity index (χ2v) is 12.5. The second-order valence-electron chi connectivity index (χ2n) is 10.9. The van der Waals surface area contributed by atoms with Crippen LogP contribution in [0.2, 0.25) is 0 Å². The predicted molar refractivity (Wildman–Crippen MR) is 161 cm³/mol. The van der Waals surface area contributed by atoms with Crippen molar-refractivity contribution in [1.29, 1.82) is 0 Å². The van der Waals surface area contributed by atoms with Crippen LogP contribution in [0.4, 0.5) is 16.2 Å². The van der Waals surface area contributed by atoms with Gasteiger partial charge in [0.2, 0.25) is 5.95 Å². The summed E-state index contributed by atoms with van der Waals surface area (Å²) >= 11 is 1.47. The van der Waals surface area contributed by atoms with Crippen molar-refractivity contribution in [3.05, 3.63) is 84.6 Å². The molecular formula is C29H31FN10S. The van der Waals surface area contributed by atoms with Gasteiger partial charge in [0.25, 0.3) is 0 Å². The topological polar surface area (TPSA) is 92.6 Å². The molecule has 1 saturated heterocycles. The van der Waals surface area contributed by atoms with Gasteiger partial charge in [-0.05, 0) is 63.1 Å². The summed E-state index contributed by atoms with van der Waals surface area (Å²) in [5.74, 6) is 1.29. The Kier molecular flexibility index (Phi) is 7.16. The molecule has 1 fully saturated rings. The molecule has 0 unspecified atom stereocenters. The Balaban J connectivity index is 1.18. The fourth-order valence-corrected chi connectivity index (χ4v) is 5.25. The minimum Gasteiger partial charge on any atom is -0.351 e. The zero-order chi connectivity index (χ0) is 28.6. The lowest BCUT2D eigenvalue weighted by Gasteiger charge is -2.35. The maximum Gasteiger partial charge on any atom is 0.225 e. The molecule has 1 aliphatic rings. The van der Waals surface area contributed by atoms with Crippen LogP contribution in [0.5, 0.6) is 0 Å². The minimum atomic E-state index is -0.282. The number of anilines is 2. The lowest BCUT2D eigenvalue weighted by atomic mass is 10.1. The first-order chi connectivity index (χ1) is 19.7. The summed E-state index contributed by atoms with van der Waals surface area (Å²) in [5.41, 5.74) is 5.39. The number of fused-ring (bicyclic) bond motifs is 1. The van der Waals surface area contributed by atoms with Crippen molar-refractivity contribution in [3.63, 3.8) is 0 Å². The Hall–Kier alpha value is -4.32. The van der Waals surface area contributed by atoms with E-state index in [1.54, 1.807) is 35.5 Å². The summed E-state index contributed by atoms with van der Waals surface area (Å²) in [6.07, 6.45) is 11.0. The van der Waals surface area contributed by atoms with Crippen molar-refractivity contribution in [2.75, 3.05) is 36.0 Å². The van der Waals surface area contributed by atoms with Crippen LogP contribution in [0.25, 0.3) is 16.6 Å². The molecule has 1 aromatic carbocycles. The summed E-state index contributed by atoms with van der Waals surface area (Å²) in [5, 5.41) is 8.71. The Morgan fingerprint density at radius 3 is 2.22 bits per heavy atom. The average Bonchev–Trinajstić information content (AvgIpc) is 3.60. The molecule has 0 bridgehead atoms. The van der Waals surface area contributed by atoms with Crippen LogP contribution in [-0.2, 0) is 7.05 Å². The van der Waals surface area contributed by atoms with E-state index in [1.165, 1.54) is 24.1 Å². The van der Waals surface area contributed by atoms with E-state index in [1.807, 2.05) is 30.2 Å². The van der Waals surface area contributed by atoms with E-state index in [4.69, 9.17) is 14.4 Å². The van der Waals surface area contributed by atoms with Gasteiger partial charge in [-0.25, -0.2) is 28.3 Å². The van der Waals surface area contributed by atoms with Crippen LogP contribution in [0.1, 0.15) is 31.9 Å². The summed E-state index contributed by atoms with van der Waals surface area (Å²) in [4.78, 5) is 18.5. The summed E-state index contributed by atoms with van der Waals surface area (Å²) < 4.78 is 22.0. The van der Waals surface area contributed by atoms with E-state index in [-0.39, 0.29) is 10.6 Å². The third kappa shape index (κ3) is 5.92. The van der Waals surface area contributed by atoms with Gasteiger partial charge in [-0.1, -0.05) is 0 Å². The number of piperazine rings is 1. The Labute approximate surface area is 242 Å². The van der Waals surface area contributed by atoms with Gasteiger partial charge in [0.15, 0.2) is 5.82 Å². The van der Waals surface area contributed by atoms with Crippen molar-refractivity contribution >= 4 is 34.9 Å². The van der Waals surface area contributed by atoms with Crippen LogP contribution in [0.15, 0.2) is 72.0 Å². The smallest absolute Gasteiger partial charge is 0.225 e. The first-order valence-corrected chi connectivity index (χ1v) is 14.2. The molecule has 210 valence electrons. The molecule has 5 heterocycles. The van der Waals surface area contributed by atoms with Gasteiger partial charge in [-0.2, -0.15) is 10.2 Å². The molecule has 0 saturated carbocycles. The molecule has 0 N–H and O–H groups in total. The van der Waals surface area contributed by atoms with E-state index in [2.05, 4.69) is 51.8 Å². The van der Waals surface area contributed by atoms with Gasteiger partial charge in [0, 0.05) is 85.0 Å². The number of aromatic nitrogens is 7. The largest absolute Gasteiger partial charge is 0.351 e. The normalized spacial score (nSPS) is 14.7. The molecule has 41 heavy (non-hydrogen) atoms. The molecule has 0 amide bonds. The first-order valence-electron chi connectivity index (χ1n) is 13.4. The Morgan fingerprint density at radius 1 is 0.854 bits per heavy atom. The highest BCUT2D eigenvalue weighted by molar-refractivity contribution is 7.99. The van der Waals surface area contributed by atoms with Crippen LogP contribution in [0, 0.1) is 5.82 Å². The van der Waals surface area contributed by atoms with Crippen molar-refractivity contribution in [1.82, 2.24) is 34.3 Å². The van der Waals surface area contributed by atoms with Crippen molar-refractivity contribution in [2.45, 2.75) is 25.5 Å². The number of hydrogen-bond acceptors (Lipinski definition) is 9. The molecule has 4 aromatic heterocycles. The standard InChI is InChI=1S/C29H31FN10S/c1-29(2,3)41-36-26(20-5-7-24(30)8-6-20)22-14-31-28(32-15-22)39-11-9-38(10-12-39)27-25-13-21(18-40(25)35-19-33-27)23-16-34-37(4)17-23/h5-8,13-19H,9-12H2,1-4H3. The summed E-state index contributed by atoms with van der Waals surface area (Å²) in [6, 6.07) is 8.47. The third-order valence-electron chi connectivity index (χ3n) is 6.73. The molecule has 10 nitrogen and oxygen atoms in total. The summed E-state index contributed by atoms with van der Waals surface area (Å²) in [6.45, 7) is 9.36. The molecule has 5 aromatic rings. The van der Waals surface area contributed by atoms with Gasteiger partial charge in [-0.15, -0.1) is 0 Å². The fraction of sp³-hybridized carbons (Fsp3) is 0.310. The van der Waals surface area contributed by atoms with E-state index in [0.717, 1.165) is 65.5 Å². The van der Waals surface area contributed by atoms with Gasteiger partial charge >= 0.3 is 0 Å². The highest BCUT2D eigenvalue weighted by Crippen LogP contribution is 2.28. The highest BCUT2D eigenvalue weighted by Gasteiger charge is 2.23. The Bertz CT molecular complexity index is 1680. The quantitative estimate of drug-likeness (QED) is 0.215. The number of rotatable bonds is 6. The SMILES string of the molecule is Cn1cc(-c2cc3c(N4CCN(c5ncc(C(=NSC(C)(C)C)c6ccc(F)cc6)cn5)CC4)ncnn3c2)cn1. The molecule has 0 spiro atoms. The predicted octanol–water partition coefficient (Wildman–Crippen LogP) is 4.67. The summed E-state index contributed by atoms with van der Waals surface area (Å²) in [7, 11) is 1.91. The van der Waals surface area contributed by atoms with Crippen LogP contribution >= 0.6 is 11.9 Å². The van der Waals surface area contributed by atoms with Crippen molar-refractivity contribution in [2.24, 2.45) is 11.4 Å². The number of hydrogen-bond donors (Lipinski definition) is 0. The van der Waals surface area contributed by atoms with E-state index in [0.29, 0.717) is 5.95 Å². The molecule has 1 aliphatic heterocycles. The van der Waals surface area contributed by atoms with Crippen LogP contribution in [0.3, 0.4) is 0 Å². The molecule has 6 rings (SSSR count). The molecule has 0 radical (unpaired) electrons. The van der Waals surface area contributed by atoms with Crippen LogP contribution in [-0.4, -0.2) is 71.0 Å². The average molecular weight is 571 g/mol. The minimum absolute atomic E-state index is 0.0673. The zero-order valence-corrected chi connectivity index (χ0v) is 24.3. The van der Waals surface area contributed by atoms with Crippen molar-refractivity contribution in [3.8, 4) is 11.1 Å². The first kappa shape index (κ1) is 26.9. The van der Waals surface area contributed by atoms with Gasteiger partial charge in [0.1, 0.15) is 17.7 Å².